The second-order valence-corrected chi connectivity index (χ2v) is 5.78. The molecule has 0 fully saturated rings. The maximum absolute atomic E-state index is 12.6. The van der Waals surface area contributed by atoms with Crippen molar-refractivity contribution in [3.8, 4) is 0 Å². The van der Waals surface area contributed by atoms with Crippen LogP contribution in [0.5, 0.6) is 0 Å². The van der Waals surface area contributed by atoms with Crippen LogP contribution in [-0.2, 0) is 11.3 Å². The Morgan fingerprint density at radius 1 is 1.12 bits per heavy atom. The topological polar surface area (TPSA) is 96.8 Å². The summed E-state index contributed by atoms with van der Waals surface area (Å²) in [6.07, 6.45) is 1.74. The first-order valence-electron chi connectivity index (χ1n) is 7.60. The van der Waals surface area contributed by atoms with Crippen LogP contribution >= 0.6 is 0 Å². The van der Waals surface area contributed by atoms with Crippen molar-refractivity contribution in [1.29, 1.82) is 0 Å². The van der Waals surface area contributed by atoms with Gasteiger partial charge < -0.3 is 10.3 Å². The standard InChI is InChI=1S/C17H14N4O3/c22-14-8-10(11-4-1-2-5-12(11)19-14)9-21-16(23)15-13(20-17(21)24)6-3-7-18-15/h1-7,10H,8-9H2,(H,19,22)(H,20,24). The Morgan fingerprint density at radius 3 is 2.83 bits per heavy atom. The van der Waals surface area contributed by atoms with Crippen molar-refractivity contribution in [2.24, 2.45) is 0 Å². The number of carbonyl (C=O) groups is 1. The zero-order chi connectivity index (χ0) is 16.7. The molecule has 0 radical (unpaired) electrons. The lowest BCUT2D eigenvalue weighted by Gasteiger charge is -2.25. The summed E-state index contributed by atoms with van der Waals surface area (Å²) >= 11 is 0. The van der Waals surface area contributed by atoms with Gasteiger partial charge in [-0.2, -0.15) is 0 Å². The Morgan fingerprint density at radius 2 is 1.96 bits per heavy atom. The van der Waals surface area contributed by atoms with Gasteiger partial charge in [0, 0.05) is 30.8 Å². The lowest BCUT2D eigenvalue weighted by molar-refractivity contribution is -0.116. The Bertz CT molecular complexity index is 1070. The number of rotatable bonds is 2. The molecular weight excluding hydrogens is 308 g/mol. The van der Waals surface area contributed by atoms with Crippen LogP contribution in [0.3, 0.4) is 0 Å². The van der Waals surface area contributed by atoms with Gasteiger partial charge in [0.05, 0.1) is 5.52 Å². The van der Waals surface area contributed by atoms with Gasteiger partial charge in [0.25, 0.3) is 5.56 Å². The fraction of sp³-hybridized carbons (Fsp3) is 0.176. The summed E-state index contributed by atoms with van der Waals surface area (Å²) in [7, 11) is 0. The average Bonchev–Trinajstić information content (AvgIpc) is 2.58. The summed E-state index contributed by atoms with van der Waals surface area (Å²) < 4.78 is 1.12. The molecule has 24 heavy (non-hydrogen) atoms. The van der Waals surface area contributed by atoms with Gasteiger partial charge >= 0.3 is 5.69 Å². The van der Waals surface area contributed by atoms with E-state index in [1.165, 1.54) is 6.20 Å². The third-order valence-corrected chi connectivity index (χ3v) is 4.25. The number of anilines is 1. The number of amides is 1. The lowest BCUT2D eigenvalue weighted by atomic mass is 9.90. The molecule has 7 nitrogen and oxygen atoms in total. The lowest BCUT2D eigenvalue weighted by Crippen LogP contribution is -2.38. The molecule has 2 aromatic heterocycles. The number of nitrogens with zero attached hydrogens (tertiary/aromatic N) is 2. The summed E-state index contributed by atoms with van der Waals surface area (Å²) in [6.45, 7) is 0.130. The van der Waals surface area contributed by atoms with Gasteiger partial charge in [0.1, 0.15) is 0 Å². The van der Waals surface area contributed by atoms with E-state index in [-0.39, 0.29) is 30.3 Å². The summed E-state index contributed by atoms with van der Waals surface area (Å²) in [4.78, 5) is 43.5. The molecule has 7 heteroatoms. The van der Waals surface area contributed by atoms with Crippen LogP contribution in [0.4, 0.5) is 5.69 Å². The molecule has 0 saturated carbocycles. The molecule has 1 unspecified atom stereocenters. The third-order valence-electron chi connectivity index (χ3n) is 4.25. The molecule has 3 heterocycles. The summed E-state index contributed by atoms with van der Waals surface area (Å²) in [6, 6.07) is 10.7. The van der Waals surface area contributed by atoms with Crippen molar-refractivity contribution in [2.45, 2.75) is 18.9 Å². The predicted octanol–water partition coefficient (Wildman–Crippen LogP) is 1.21. The van der Waals surface area contributed by atoms with E-state index in [9.17, 15) is 14.4 Å². The van der Waals surface area contributed by atoms with E-state index in [1.54, 1.807) is 12.1 Å². The van der Waals surface area contributed by atoms with Gasteiger partial charge in [-0.05, 0) is 23.8 Å². The molecule has 0 aliphatic carbocycles. The van der Waals surface area contributed by atoms with E-state index >= 15 is 0 Å². The van der Waals surface area contributed by atoms with Crippen molar-refractivity contribution in [1.82, 2.24) is 14.5 Å². The Labute approximate surface area is 136 Å². The molecule has 120 valence electrons. The Hall–Kier alpha value is -3.22. The molecule has 1 atom stereocenters. The highest BCUT2D eigenvalue weighted by molar-refractivity contribution is 5.94. The number of aromatic nitrogens is 3. The number of H-pyrrole nitrogens is 1. The minimum atomic E-state index is -0.496. The smallest absolute Gasteiger partial charge is 0.326 e. The number of fused-ring (bicyclic) bond motifs is 2. The number of nitrogens with one attached hydrogen (secondary N) is 2. The number of hydrogen-bond acceptors (Lipinski definition) is 4. The molecule has 1 aliphatic rings. The first-order chi connectivity index (χ1) is 11.6. The van der Waals surface area contributed by atoms with Gasteiger partial charge in [-0.1, -0.05) is 18.2 Å². The number of para-hydroxylation sites is 1. The first kappa shape index (κ1) is 14.4. The predicted molar refractivity (Wildman–Crippen MR) is 89.1 cm³/mol. The average molecular weight is 322 g/mol. The highest BCUT2D eigenvalue weighted by Crippen LogP contribution is 2.32. The molecule has 3 aromatic rings. The minimum absolute atomic E-state index is 0.123. The van der Waals surface area contributed by atoms with Gasteiger partial charge in [0.15, 0.2) is 5.52 Å². The van der Waals surface area contributed by atoms with Gasteiger partial charge in [0.2, 0.25) is 5.91 Å². The molecule has 4 rings (SSSR count). The van der Waals surface area contributed by atoms with Crippen LogP contribution in [0.1, 0.15) is 17.9 Å². The molecule has 0 saturated heterocycles. The highest BCUT2D eigenvalue weighted by atomic mass is 16.2. The minimum Gasteiger partial charge on any atom is -0.326 e. The molecule has 0 spiro atoms. The molecule has 2 N–H and O–H groups in total. The van der Waals surface area contributed by atoms with Crippen LogP contribution in [-0.4, -0.2) is 20.4 Å². The van der Waals surface area contributed by atoms with E-state index < -0.39 is 11.2 Å². The van der Waals surface area contributed by atoms with Crippen LogP contribution in [0, 0.1) is 0 Å². The molecule has 1 aromatic carbocycles. The van der Waals surface area contributed by atoms with Crippen molar-refractivity contribution < 1.29 is 4.79 Å². The number of hydrogen-bond donors (Lipinski definition) is 2. The Balaban J connectivity index is 1.82. The zero-order valence-electron chi connectivity index (χ0n) is 12.7. The van der Waals surface area contributed by atoms with Crippen molar-refractivity contribution >= 4 is 22.6 Å². The van der Waals surface area contributed by atoms with Gasteiger partial charge in [-0.3, -0.25) is 14.2 Å². The summed E-state index contributed by atoms with van der Waals surface area (Å²) in [5, 5.41) is 2.81. The normalized spacial score (nSPS) is 16.7. The summed E-state index contributed by atoms with van der Waals surface area (Å²) in [5.41, 5.74) is 1.32. The Kier molecular flexibility index (Phi) is 3.26. The molecular formula is C17H14N4O3. The number of benzene rings is 1. The van der Waals surface area contributed by atoms with E-state index in [4.69, 9.17) is 0 Å². The summed E-state index contributed by atoms with van der Waals surface area (Å²) in [5.74, 6) is -0.364. The number of aromatic amines is 1. The van der Waals surface area contributed by atoms with Crippen LogP contribution in [0.15, 0.2) is 52.2 Å². The second-order valence-electron chi connectivity index (χ2n) is 5.78. The van der Waals surface area contributed by atoms with E-state index in [1.807, 2.05) is 24.3 Å². The van der Waals surface area contributed by atoms with Crippen LogP contribution in [0.25, 0.3) is 11.0 Å². The number of carbonyl (C=O) groups excluding carboxylic acids is 1. The quantitative estimate of drug-likeness (QED) is 0.741. The van der Waals surface area contributed by atoms with Crippen molar-refractivity contribution in [2.75, 3.05) is 5.32 Å². The first-order valence-corrected chi connectivity index (χ1v) is 7.60. The van der Waals surface area contributed by atoms with Gasteiger partial charge in [-0.25, -0.2) is 9.78 Å². The maximum Gasteiger partial charge on any atom is 0.328 e. The van der Waals surface area contributed by atoms with E-state index in [0.29, 0.717) is 5.52 Å². The van der Waals surface area contributed by atoms with E-state index in [2.05, 4.69) is 15.3 Å². The van der Waals surface area contributed by atoms with Crippen LogP contribution < -0.4 is 16.6 Å². The second kappa shape index (κ2) is 5.45. The molecule has 1 aliphatic heterocycles. The zero-order valence-corrected chi connectivity index (χ0v) is 12.7. The van der Waals surface area contributed by atoms with E-state index in [0.717, 1.165) is 15.8 Å². The van der Waals surface area contributed by atoms with Crippen LogP contribution in [0.2, 0.25) is 0 Å². The highest BCUT2D eigenvalue weighted by Gasteiger charge is 2.26. The fourth-order valence-electron chi connectivity index (χ4n) is 3.13. The fourth-order valence-corrected chi connectivity index (χ4v) is 3.13. The third kappa shape index (κ3) is 2.30. The van der Waals surface area contributed by atoms with Crippen molar-refractivity contribution in [3.63, 3.8) is 0 Å². The molecule has 1 amide bonds. The monoisotopic (exact) mass is 322 g/mol. The molecule has 0 bridgehead atoms. The SMILES string of the molecule is O=C1CC(Cn2c(=O)[nH]c3cccnc3c2=O)c2ccccc2N1. The maximum atomic E-state index is 12.6. The largest absolute Gasteiger partial charge is 0.328 e. The van der Waals surface area contributed by atoms with Crippen molar-refractivity contribution in [3.05, 3.63) is 69.0 Å². The van der Waals surface area contributed by atoms with Gasteiger partial charge in [-0.15, -0.1) is 0 Å². The number of pyridine rings is 1.